The summed E-state index contributed by atoms with van der Waals surface area (Å²) in [5, 5.41) is 84.4. The number of rotatable bonds is 20. The Morgan fingerprint density at radius 3 is 1.49 bits per heavy atom. The van der Waals surface area contributed by atoms with Crippen molar-refractivity contribution in [3.63, 3.8) is 0 Å². The molecule has 3 aliphatic rings. The molecule has 1 unspecified atom stereocenters. The Hall–Kier alpha value is -10.3. The number of aromatic hydroxyl groups is 1. The number of fused-ring (bicyclic) bond motifs is 1. The molecule has 11 amide bonds. The number of ether oxygens (including phenoxy) is 1. The van der Waals surface area contributed by atoms with Crippen LogP contribution >= 0.6 is 0 Å². The fraction of sp³-hybridized carbons (Fsp3) is 0.486. The van der Waals surface area contributed by atoms with Crippen LogP contribution in [0.25, 0.3) is 0 Å². The van der Waals surface area contributed by atoms with E-state index in [9.17, 15) is 49.5 Å². The van der Waals surface area contributed by atoms with Gasteiger partial charge in [0.15, 0.2) is 6.29 Å². The van der Waals surface area contributed by atoms with Crippen molar-refractivity contribution in [2.24, 2.45) is 23.3 Å². The lowest BCUT2D eigenvalue weighted by Gasteiger charge is -2.38. The van der Waals surface area contributed by atoms with Crippen LogP contribution in [0.4, 0.5) is 0 Å². The summed E-state index contributed by atoms with van der Waals surface area (Å²) in [5.41, 5.74) is 13.7. The third-order valence-electron chi connectivity index (χ3n) is 18.2. The van der Waals surface area contributed by atoms with Gasteiger partial charge in [-0.1, -0.05) is 136 Å². The predicted octanol–water partition coefficient (Wildman–Crippen LogP) is -3.02. The van der Waals surface area contributed by atoms with E-state index >= 15 is 28.8 Å². The lowest BCUT2D eigenvalue weighted by atomic mass is 9.98. The van der Waals surface area contributed by atoms with E-state index in [1.807, 2.05) is 13.8 Å². The highest BCUT2D eigenvalue weighted by molar-refractivity contribution is 6.00. The van der Waals surface area contributed by atoms with Gasteiger partial charge in [-0.15, -0.1) is 5.10 Å². The number of hydrogen-bond acceptors (Lipinski definition) is 20. The summed E-state index contributed by atoms with van der Waals surface area (Å²) in [6.07, 6.45) is -9.23. The smallest absolute Gasteiger partial charge is 0.246 e. The van der Waals surface area contributed by atoms with Crippen LogP contribution < -0.4 is 59.3 Å². The number of nitrogens with two attached hydrogens (primary N) is 2. The Morgan fingerprint density at radius 2 is 0.971 bits per heavy atom. The number of carbonyl (C=O) groups is 11. The van der Waals surface area contributed by atoms with Crippen molar-refractivity contribution in [2.45, 2.75) is 196 Å². The second-order valence-electron chi connectivity index (χ2n) is 27.3. The van der Waals surface area contributed by atoms with E-state index < -0.39 is 181 Å². The second-order valence-corrected chi connectivity index (χ2v) is 27.3. The van der Waals surface area contributed by atoms with Crippen molar-refractivity contribution >= 4 is 65.0 Å². The van der Waals surface area contributed by atoms with Gasteiger partial charge in [-0.2, -0.15) is 0 Å². The monoisotopic (exact) mass is 1440 g/mol. The van der Waals surface area contributed by atoms with Gasteiger partial charge >= 0.3 is 0 Å². The Labute approximate surface area is 600 Å². The molecule has 104 heavy (non-hydrogen) atoms. The number of benzene rings is 4. The van der Waals surface area contributed by atoms with Gasteiger partial charge < -0.3 is 94.5 Å². The molecule has 8 rings (SSSR count). The maximum Gasteiger partial charge on any atom is 0.246 e. The third kappa shape index (κ3) is 22.6. The molecule has 1 aromatic heterocycles. The van der Waals surface area contributed by atoms with Crippen LogP contribution in [0.3, 0.4) is 0 Å². The first-order valence-corrected chi connectivity index (χ1v) is 34.8. The number of carbonyl (C=O) groups excluding carboxylic acids is 11. The molecule has 15 atom stereocenters. The molecule has 5 aromatic rings. The van der Waals surface area contributed by atoms with Crippen LogP contribution in [-0.2, 0) is 96.1 Å². The number of aliphatic hydroxyl groups excluding tert-OH is 4. The molecule has 560 valence electrons. The molecule has 4 heterocycles. The predicted molar refractivity (Wildman–Crippen MR) is 373 cm³/mol. The highest BCUT2D eigenvalue weighted by Gasteiger charge is 2.45. The average Bonchev–Trinajstić information content (AvgIpc) is 1.55. The minimum absolute atomic E-state index is 0.0388. The Balaban J connectivity index is 1.22. The molecular weight excluding hydrogens is 1350 g/mol. The van der Waals surface area contributed by atoms with Gasteiger partial charge in [0.1, 0.15) is 90.6 Å². The lowest BCUT2D eigenvalue weighted by Crippen LogP contribution is -2.62. The summed E-state index contributed by atoms with van der Waals surface area (Å²) in [6, 6.07) is 16.1. The molecule has 3 saturated heterocycles. The van der Waals surface area contributed by atoms with Crippen LogP contribution in [-0.4, -0.2) is 215 Å². The highest BCUT2D eigenvalue weighted by Crippen LogP contribution is 2.24. The minimum atomic E-state index is -1.93. The number of primary amides is 1. The van der Waals surface area contributed by atoms with E-state index in [4.69, 9.17) is 16.2 Å². The number of aliphatic hydroxyl groups is 4. The molecule has 0 bridgehead atoms. The molecule has 32 nitrogen and oxygen atoms in total. The highest BCUT2D eigenvalue weighted by atomic mass is 16.6. The van der Waals surface area contributed by atoms with Gasteiger partial charge in [-0.3, -0.25) is 52.7 Å². The van der Waals surface area contributed by atoms with E-state index in [0.717, 1.165) is 4.68 Å². The maximum atomic E-state index is 15.2. The van der Waals surface area contributed by atoms with Gasteiger partial charge in [-0.05, 0) is 84.9 Å². The first kappa shape index (κ1) is 79.5. The topological polar surface area (TPSA) is 492 Å². The molecule has 0 spiro atoms. The van der Waals surface area contributed by atoms with Crippen LogP contribution in [0.5, 0.6) is 5.75 Å². The summed E-state index contributed by atoms with van der Waals surface area (Å²) >= 11 is 0. The quantitative estimate of drug-likeness (QED) is 0.0369. The first-order chi connectivity index (χ1) is 49.6. The molecule has 0 saturated carbocycles. The van der Waals surface area contributed by atoms with Crippen molar-refractivity contribution in [3.05, 3.63) is 149 Å². The fourth-order valence-electron chi connectivity index (χ4n) is 12.6. The molecule has 4 aromatic carbocycles. The summed E-state index contributed by atoms with van der Waals surface area (Å²) in [7, 11) is 0. The third-order valence-corrected chi connectivity index (χ3v) is 18.2. The number of nitrogens with one attached hydrogen (secondary N) is 9. The van der Waals surface area contributed by atoms with E-state index in [1.165, 1.54) is 35.4 Å². The van der Waals surface area contributed by atoms with Crippen molar-refractivity contribution in [3.8, 4) is 5.75 Å². The summed E-state index contributed by atoms with van der Waals surface area (Å²) in [6.45, 7) is 6.54. The first-order valence-electron chi connectivity index (χ1n) is 34.8. The fourth-order valence-corrected chi connectivity index (χ4v) is 12.6. The van der Waals surface area contributed by atoms with Crippen molar-refractivity contribution in [1.29, 1.82) is 0 Å². The zero-order valence-electron chi connectivity index (χ0n) is 58.3. The van der Waals surface area contributed by atoms with Gasteiger partial charge in [0.2, 0.25) is 65.0 Å². The Bertz CT molecular complexity index is 3760. The maximum absolute atomic E-state index is 15.2. The summed E-state index contributed by atoms with van der Waals surface area (Å²) in [4.78, 5) is 164. The van der Waals surface area contributed by atoms with E-state index in [2.05, 4.69) is 58.2 Å². The number of phenolic OH excluding ortho intramolecular Hbond substituents is 1. The van der Waals surface area contributed by atoms with E-state index in [-0.39, 0.29) is 81.8 Å². The zero-order chi connectivity index (χ0) is 75.3. The molecule has 3 fully saturated rings. The molecule has 0 radical (unpaired) electrons. The van der Waals surface area contributed by atoms with Crippen LogP contribution in [0, 0.1) is 11.8 Å². The normalized spacial score (nSPS) is 27.1. The average molecular weight is 1440 g/mol. The largest absolute Gasteiger partial charge is 0.508 e. The Kier molecular flexibility index (Phi) is 28.9. The summed E-state index contributed by atoms with van der Waals surface area (Å²) in [5.74, 6) is -11.4. The van der Waals surface area contributed by atoms with Crippen molar-refractivity contribution in [2.75, 3.05) is 13.1 Å². The number of phenols is 1. The van der Waals surface area contributed by atoms with Gasteiger partial charge in [-0.25, -0.2) is 4.68 Å². The number of nitrogens with zero attached hydrogens (tertiary/aromatic N) is 4. The molecule has 3 aliphatic heterocycles. The van der Waals surface area contributed by atoms with Gasteiger partial charge in [0.25, 0.3) is 0 Å². The van der Waals surface area contributed by atoms with E-state index in [1.54, 1.807) is 105 Å². The minimum Gasteiger partial charge on any atom is -0.508 e. The summed E-state index contributed by atoms with van der Waals surface area (Å²) < 4.78 is 6.43. The number of aromatic nitrogens is 3. The molecule has 32 heteroatoms. The number of hydrogen-bond donors (Lipinski definition) is 16. The van der Waals surface area contributed by atoms with Crippen LogP contribution in [0.2, 0.25) is 0 Å². The lowest BCUT2D eigenvalue weighted by molar-refractivity contribution is -0.284. The molecule has 0 aliphatic carbocycles. The molecule has 18 N–H and O–H groups in total. The second kappa shape index (κ2) is 37.8. The number of amides is 11. The standard InChI is InChI=1S/C72H95N15O17/c1-39(2)30-48-63(94)82-54(34-43-20-12-7-13-21-43)71(102)87-29-15-23-55(87)69(100)81-50(32-42-18-10-6-11-19-42)65(96)77-49(31-41-16-8-5-9-17-41)64(95)80-53(36-57(74)89)67(98)79-52(35-45-37-86(85-84-45)38-56-59(90)60(91)61(92)72(103)104-56)66(97)78-51(33-44-24-26-46(88)27-25-44)68(99)83-58(40(3)4)70(101)75-47(22-14-28-73)62(93)76-48/h5-13,16-21,24-27,37,39-40,47-56,58-61,72,88,90-92,103H,14-15,22-23,28-36,38,73H2,1-4H3,(H2,74,89)(H,75,101)(H,76,93)(H,77,96)(H,78,97)(H,79,98)(H,80,95)(H,81,100)(H,82,94)(H,83,99)/t47-,48-,49+,50-,51-,52-,53-,54+,55-,56+,58-,59-,60-,61+,72?/m0/s1. The van der Waals surface area contributed by atoms with Crippen LogP contribution in [0.15, 0.2) is 121 Å². The van der Waals surface area contributed by atoms with Crippen LogP contribution in [0.1, 0.15) is 94.2 Å². The van der Waals surface area contributed by atoms with Crippen molar-refractivity contribution in [1.82, 2.24) is 67.7 Å². The van der Waals surface area contributed by atoms with Crippen molar-refractivity contribution < 1.29 is 83.0 Å². The molecular formula is C72H95N15O17. The van der Waals surface area contributed by atoms with Gasteiger partial charge in [0.05, 0.1) is 18.7 Å². The van der Waals surface area contributed by atoms with Gasteiger partial charge in [0, 0.05) is 44.8 Å². The SMILES string of the molecule is CC(C)C[C@@H]1NC(=O)[C@H](CCCN)NC(=O)[C@H](C(C)C)NC(=O)[C@H](Cc2ccc(O)cc2)NC(=O)[C@H](Cc2cn(C[C@H]3OC(O)[C@H](O)[C@@H](O)[C@H]3O)nn2)NC(=O)[C@H](CC(N)=O)NC(=O)[C@@H](Cc2ccccc2)NC(=O)[C@H](Cc2ccccc2)NC(=O)[C@@H]2CCCN2C(=O)[C@@H](Cc2ccccc2)NC1=O. The zero-order valence-corrected chi connectivity index (χ0v) is 58.3. The van der Waals surface area contributed by atoms with E-state index in [0.29, 0.717) is 28.7 Å². The Morgan fingerprint density at radius 1 is 0.529 bits per heavy atom.